The monoisotopic (exact) mass is 488 g/mol. The van der Waals surface area contributed by atoms with Gasteiger partial charge in [-0.1, -0.05) is 23.7 Å². The summed E-state index contributed by atoms with van der Waals surface area (Å²) in [5.41, 5.74) is -6.64. The smallest absolute Gasteiger partial charge is 0.487 e. The molecule has 1 aliphatic rings. The second-order valence-corrected chi connectivity index (χ2v) is 9.48. The van der Waals surface area contributed by atoms with Crippen LogP contribution in [0.25, 0.3) is 0 Å². The van der Waals surface area contributed by atoms with Crippen molar-refractivity contribution in [3.05, 3.63) is 58.1 Å². The van der Waals surface area contributed by atoms with Gasteiger partial charge in [0.1, 0.15) is 17.1 Å². The van der Waals surface area contributed by atoms with E-state index in [1.54, 1.807) is 13.8 Å². The predicted octanol–water partition coefficient (Wildman–Crippen LogP) is 6.28. The van der Waals surface area contributed by atoms with Gasteiger partial charge < -0.3 is 8.92 Å². The summed E-state index contributed by atoms with van der Waals surface area (Å²) < 4.78 is 109. The third kappa shape index (κ3) is 4.87. The largest absolute Gasteiger partial charge is 0.534 e. The molecule has 2 aromatic carbocycles. The number of benzene rings is 2. The van der Waals surface area contributed by atoms with Gasteiger partial charge in [0.2, 0.25) is 0 Å². The molecule has 0 N–H and O–H groups in total. The lowest BCUT2D eigenvalue weighted by molar-refractivity contribution is -0.137. The molecule has 0 amide bonds. The molecule has 2 aromatic rings. The Morgan fingerprint density at radius 3 is 2.19 bits per heavy atom. The van der Waals surface area contributed by atoms with Gasteiger partial charge >= 0.3 is 21.8 Å². The van der Waals surface area contributed by atoms with Gasteiger partial charge in [0.15, 0.2) is 0 Å². The topological polar surface area (TPSA) is 52.6 Å². The minimum Gasteiger partial charge on any atom is -0.487 e. The molecular formula is C19H15ClF6O4S. The second-order valence-electron chi connectivity index (χ2n) is 7.54. The third-order valence-corrected chi connectivity index (χ3v) is 5.94. The van der Waals surface area contributed by atoms with Crippen LogP contribution in [0.2, 0.25) is 5.02 Å². The Bertz CT molecular complexity index is 1110. The molecule has 0 saturated heterocycles. The maximum Gasteiger partial charge on any atom is 0.534 e. The Hall–Kier alpha value is -2.14. The van der Waals surface area contributed by atoms with Crippen molar-refractivity contribution in [3.63, 3.8) is 0 Å². The molecule has 4 nitrogen and oxygen atoms in total. The van der Waals surface area contributed by atoms with E-state index in [9.17, 15) is 34.8 Å². The van der Waals surface area contributed by atoms with Gasteiger partial charge in [-0.15, -0.1) is 0 Å². The van der Waals surface area contributed by atoms with Crippen molar-refractivity contribution in [2.45, 2.75) is 43.5 Å². The lowest BCUT2D eigenvalue weighted by Crippen LogP contribution is -2.35. The van der Waals surface area contributed by atoms with Gasteiger partial charge in [-0.25, -0.2) is 0 Å². The maximum atomic E-state index is 12.9. The van der Waals surface area contributed by atoms with E-state index in [4.69, 9.17) is 16.3 Å². The summed E-state index contributed by atoms with van der Waals surface area (Å²) in [7, 11) is -5.88. The van der Waals surface area contributed by atoms with Gasteiger partial charge in [0, 0.05) is 22.6 Å². The highest BCUT2D eigenvalue weighted by Gasteiger charge is 2.48. The van der Waals surface area contributed by atoms with E-state index >= 15 is 0 Å². The normalized spacial score (nSPS) is 18.8. The van der Waals surface area contributed by atoms with Crippen molar-refractivity contribution in [1.82, 2.24) is 0 Å². The van der Waals surface area contributed by atoms with Crippen LogP contribution in [0.15, 0.2) is 36.4 Å². The first-order chi connectivity index (χ1) is 14.0. The minimum atomic E-state index is -5.88. The van der Waals surface area contributed by atoms with Crippen molar-refractivity contribution in [1.29, 1.82) is 0 Å². The molecule has 3 rings (SSSR count). The van der Waals surface area contributed by atoms with Crippen LogP contribution in [-0.2, 0) is 16.3 Å². The van der Waals surface area contributed by atoms with E-state index in [1.807, 2.05) is 0 Å². The molecule has 0 spiro atoms. The average Bonchev–Trinajstić information content (AvgIpc) is 2.57. The van der Waals surface area contributed by atoms with Crippen LogP contribution in [0.1, 0.15) is 42.9 Å². The predicted molar refractivity (Wildman–Crippen MR) is 99.7 cm³/mol. The molecule has 0 radical (unpaired) electrons. The molecule has 1 heterocycles. The molecule has 31 heavy (non-hydrogen) atoms. The van der Waals surface area contributed by atoms with E-state index < -0.39 is 44.6 Å². The molecule has 170 valence electrons. The van der Waals surface area contributed by atoms with Gasteiger partial charge in [-0.05, 0) is 44.0 Å². The Labute approximate surface area is 178 Å². The fraction of sp³-hybridized carbons (Fsp3) is 0.368. The lowest BCUT2D eigenvalue weighted by atomic mass is 9.80. The molecule has 1 atom stereocenters. The van der Waals surface area contributed by atoms with Gasteiger partial charge in [-0.3, -0.25) is 0 Å². The lowest BCUT2D eigenvalue weighted by Gasteiger charge is -2.38. The van der Waals surface area contributed by atoms with Crippen molar-refractivity contribution < 1.29 is 43.7 Å². The molecular weight excluding hydrogens is 474 g/mol. The summed E-state index contributed by atoms with van der Waals surface area (Å²) in [6, 6.07) is 6.21. The van der Waals surface area contributed by atoms with Gasteiger partial charge in [0.25, 0.3) is 0 Å². The molecule has 0 aromatic heterocycles. The van der Waals surface area contributed by atoms with Crippen LogP contribution >= 0.6 is 11.6 Å². The zero-order valence-electron chi connectivity index (χ0n) is 15.9. The highest BCUT2D eigenvalue weighted by Crippen LogP contribution is 2.48. The summed E-state index contributed by atoms with van der Waals surface area (Å²) in [5, 5.41) is -0.136. The third-order valence-electron chi connectivity index (χ3n) is 4.63. The van der Waals surface area contributed by atoms with Crippen molar-refractivity contribution >= 4 is 21.7 Å². The number of hydrogen-bond donors (Lipinski definition) is 0. The standard InChI is InChI=1S/C19H15ClF6O4S/c1-17(2)9-14(12-5-3-10(7-15(12)20)18(21,22)23)13-6-4-11(8-16(13)29-17)30-31(27,28)19(24,25)26/h3-8,14H,9H2,1-2H3. The zero-order chi connectivity index (χ0) is 23.4. The summed E-state index contributed by atoms with van der Waals surface area (Å²) >= 11 is 6.13. The number of rotatable bonds is 3. The molecule has 0 aliphatic carbocycles. The fourth-order valence-corrected chi connectivity index (χ4v) is 4.08. The number of hydrogen-bond acceptors (Lipinski definition) is 4. The van der Waals surface area contributed by atoms with Gasteiger partial charge in [0.05, 0.1) is 5.56 Å². The molecule has 0 bridgehead atoms. The Kier molecular flexibility index (Phi) is 5.67. The number of halogens is 7. The summed E-state index contributed by atoms with van der Waals surface area (Å²) in [6.07, 6.45) is -4.28. The highest BCUT2D eigenvalue weighted by atomic mass is 35.5. The SMILES string of the molecule is CC1(C)CC(c2ccc(C(F)(F)F)cc2Cl)c2ccc(OS(=O)(=O)C(F)(F)F)cc2O1. The quantitative estimate of drug-likeness (QED) is 0.290. The second kappa shape index (κ2) is 7.47. The number of fused-ring (bicyclic) bond motifs is 1. The Morgan fingerprint density at radius 1 is 1.03 bits per heavy atom. The molecule has 0 saturated carbocycles. The van der Waals surface area contributed by atoms with E-state index in [-0.39, 0.29) is 10.8 Å². The zero-order valence-corrected chi connectivity index (χ0v) is 17.5. The Balaban J connectivity index is 2.04. The van der Waals surface area contributed by atoms with Gasteiger partial charge in [-0.2, -0.15) is 34.8 Å². The van der Waals surface area contributed by atoms with Crippen LogP contribution < -0.4 is 8.92 Å². The summed E-state index contributed by atoms with van der Waals surface area (Å²) in [4.78, 5) is 0. The fourth-order valence-electron chi connectivity index (χ4n) is 3.32. The molecule has 1 unspecified atom stereocenters. The summed E-state index contributed by atoms with van der Waals surface area (Å²) in [6.45, 7) is 3.34. The first-order valence-electron chi connectivity index (χ1n) is 8.70. The number of ether oxygens (including phenoxy) is 1. The van der Waals surface area contributed by atoms with Crippen molar-refractivity contribution in [2.75, 3.05) is 0 Å². The Morgan fingerprint density at radius 2 is 1.65 bits per heavy atom. The van der Waals surface area contributed by atoms with Crippen LogP contribution in [0.3, 0.4) is 0 Å². The van der Waals surface area contributed by atoms with Crippen LogP contribution in [0.4, 0.5) is 26.3 Å². The van der Waals surface area contributed by atoms with Crippen LogP contribution in [0.5, 0.6) is 11.5 Å². The molecule has 12 heteroatoms. The number of alkyl halides is 6. The maximum absolute atomic E-state index is 12.9. The van der Waals surface area contributed by atoms with E-state index in [1.165, 1.54) is 12.1 Å². The minimum absolute atomic E-state index is 0.0343. The van der Waals surface area contributed by atoms with Crippen molar-refractivity contribution in [2.24, 2.45) is 0 Å². The average molecular weight is 489 g/mol. The highest BCUT2D eigenvalue weighted by molar-refractivity contribution is 7.88. The summed E-state index contributed by atoms with van der Waals surface area (Å²) in [5.74, 6) is -1.14. The van der Waals surface area contributed by atoms with Crippen molar-refractivity contribution in [3.8, 4) is 11.5 Å². The first-order valence-corrected chi connectivity index (χ1v) is 10.5. The van der Waals surface area contributed by atoms with E-state index in [2.05, 4.69) is 4.18 Å². The molecule has 1 aliphatic heterocycles. The first kappa shape index (κ1) is 23.5. The van der Waals surface area contributed by atoms with E-state index in [0.717, 1.165) is 24.3 Å². The van der Waals surface area contributed by atoms with Crippen LogP contribution in [-0.4, -0.2) is 19.5 Å². The van der Waals surface area contributed by atoms with Crippen LogP contribution in [0, 0.1) is 0 Å². The molecule has 0 fully saturated rings. The van der Waals surface area contributed by atoms with E-state index in [0.29, 0.717) is 17.5 Å².